The maximum absolute atomic E-state index is 11.2. The van der Waals surface area contributed by atoms with E-state index in [-0.39, 0.29) is 11.2 Å². The van der Waals surface area contributed by atoms with Crippen LogP contribution in [0.4, 0.5) is 0 Å². The molecule has 0 saturated heterocycles. The van der Waals surface area contributed by atoms with Gasteiger partial charge in [0, 0.05) is 13.5 Å². The lowest BCUT2D eigenvalue weighted by atomic mass is 10.1. The molecule has 0 unspecified atom stereocenters. The second-order valence-corrected chi connectivity index (χ2v) is 4.71. The van der Waals surface area contributed by atoms with Crippen LogP contribution in [0, 0.1) is 0 Å². The zero-order valence-corrected chi connectivity index (χ0v) is 11.1. The van der Waals surface area contributed by atoms with Gasteiger partial charge in [0.2, 0.25) is 5.88 Å². The van der Waals surface area contributed by atoms with E-state index >= 15 is 0 Å². The molecule has 0 amide bonds. The molecule has 1 rings (SSSR count). The minimum Gasteiger partial charge on any atom is -0.477 e. The molecule has 0 fully saturated rings. The van der Waals surface area contributed by atoms with Crippen molar-refractivity contribution in [2.45, 2.75) is 25.9 Å². The first kappa shape index (κ1) is 13.2. The molecule has 0 aliphatic rings. The Morgan fingerprint density at radius 3 is 2.88 bits per heavy atom. The molecule has 0 saturated carbocycles. The highest BCUT2D eigenvalue weighted by molar-refractivity contribution is 9.10. The fourth-order valence-electron chi connectivity index (χ4n) is 0.963. The molecule has 0 aliphatic heterocycles. The summed E-state index contributed by atoms with van der Waals surface area (Å²) < 4.78 is 11.0. The summed E-state index contributed by atoms with van der Waals surface area (Å²) in [5.74, 6) is 0.302. The van der Waals surface area contributed by atoms with Crippen LogP contribution >= 0.6 is 15.9 Å². The molecule has 1 aromatic rings. The van der Waals surface area contributed by atoms with Gasteiger partial charge in [0.1, 0.15) is 4.47 Å². The van der Waals surface area contributed by atoms with E-state index in [9.17, 15) is 4.79 Å². The minimum atomic E-state index is -0.254. The number of rotatable bonds is 5. The van der Waals surface area contributed by atoms with E-state index < -0.39 is 0 Å². The molecule has 16 heavy (non-hydrogen) atoms. The molecule has 0 atom stereocenters. The normalized spacial score (nSPS) is 11.5. The molecule has 1 aromatic heterocycles. The summed E-state index contributed by atoms with van der Waals surface area (Å²) >= 11 is 3.12. The van der Waals surface area contributed by atoms with Crippen molar-refractivity contribution in [2.24, 2.45) is 0 Å². The quantitative estimate of drug-likeness (QED) is 0.897. The van der Waals surface area contributed by atoms with E-state index in [0.29, 0.717) is 23.4 Å². The molecule has 6 heteroatoms. The molecule has 0 spiro atoms. The van der Waals surface area contributed by atoms with Crippen LogP contribution in [0.5, 0.6) is 5.88 Å². The van der Waals surface area contributed by atoms with Crippen LogP contribution in [-0.4, -0.2) is 29.3 Å². The van der Waals surface area contributed by atoms with E-state index in [4.69, 9.17) is 9.47 Å². The summed E-state index contributed by atoms with van der Waals surface area (Å²) in [7, 11) is 1.65. The summed E-state index contributed by atoms with van der Waals surface area (Å²) in [5.41, 5.74) is -0.496. The van der Waals surface area contributed by atoms with Crippen molar-refractivity contribution >= 4 is 15.9 Å². The smallest absolute Gasteiger partial charge is 0.268 e. The van der Waals surface area contributed by atoms with Crippen LogP contribution in [0.25, 0.3) is 0 Å². The Balaban J connectivity index is 2.56. The van der Waals surface area contributed by atoms with Crippen molar-refractivity contribution in [2.75, 3.05) is 13.7 Å². The van der Waals surface area contributed by atoms with Crippen LogP contribution in [0.1, 0.15) is 20.3 Å². The number of nitrogens with one attached hydrogen (secondary N) is 1. The van der Waals surface area contributed by atoms with Crippen molar-refractivity contribution < 1.29 is 9.47 Å². The SMILES string of the molecule is COC(C)(C)CCOc1nc[nH]c(=O)c1Br. The van der Waals surface area contributed by atoms with Gasteiger partial charge in [0.15, 0.2) is 0 Å². The summed E-state index contributed by atoms with van der Waals surface area (Å²) in [4.78, 5) is 17.6. The first-order chi connectivity index (χ1) is 7.46. The Labute approximate surface area is 102 Å². The Kier molecular flexibility index (Phi) is 4.49. The van der Waals surface area contributed by atoms with Gasteiger partial charge in [-0.1, -0.05) is 0 Å². The van der Waals surface area contributed by atoms with E-state index in [2.05, 4.69) is 25.9 Å². The number of H-pyrrole nitrogens is 1. The third kappa shape index (κ3) is 3.61. The highest BCUT2D eigenvalue weighted by atomic mass is 79.9. The van der Waals surface area contributed by atoms with Crippen molar-refractivity contribution in [3.05, 3.63) is 21.2 Å². The molecule has 5 nitrogen and oxygen atoms in total. The predicted molar refractivity (Wildman–Crippen MR) is 63.8 cm³/mol. The average molecular weight is 291 g/mol. The number of hydrogen-bond acceptors (Lipinski definition) is 4. The largest absolute Gasteiger partial charge is 0.477 e. The standard InChI is InChI=1S/C10H15BrN2O3/c1-10(2,15-3)4-5-16-9-7(11)8(14)12-6-13-9/h6H,4-5H2,1-3H3,(H,12,13,14). The van der Waals surface area contributed by atoms with Crippen molar-refractivity contribution in [1.29, 1.82) is 0 Å². The molecule has 90 valence electrons. The van der Waals surface area contributed by atoms with E-state index in [1.165, 1.54) is 6.33 Å². The van der Waals surface area contributed by atoms with Crippen LogP contribution in [0.2, 0.25) is 0 Å². The first-order valence-corrected chi connectivity index (χ1v) is 5.67. The fraction of sp³-hybridized carbons (Fsp3) is 0.600. The second kappa shape index (κ2) is 5.45. The maximum atomic E-state index is 11.2. The number of methoxy groups -OCH3 is 1. The van der Waals surface area contributed by atoms with Crippen LogP contribution in [0.15, 0.2) is 15.6 Å². The van der Waals surface area contributed by atoms with Crippen molar-refractivity contribution in [3.63, 3.8) is 0 Å². The van der Waals surface area contributed by atoms with E-state index in [1.54, 1.807) is 7.11 Å². The Morgan fingerprint density at radius 2 is 2.25 bits per heavy atom. The monoisotopic (exact) mass is 290 g/mol. The predicted octanol–water partition coefficient (Wildman–Crippen LogP) is 1.73. The van der Waals surface area contributed by atoms with Gasteiger partial charge >= 0.3 is 0 Å². The summed E-state index contributed by atoms with van der Waals surface area (Å²) in [5, 5.41) is 0. The lowest BCUT2D eigenvalue weighted by Gasteiger charge is -2.22. The summed E-state index contributed by atoms with van der Waals surface area (Å²) in [6, 6.07) is 0. The highest BCUT2D eigenvalue weighted by Gasteiger charge is 2.16. The number of hydrogen-bond donors (Lipinski definition) is 1. The third-order valence-electron chi connectivity index (χ3n) is 2.26. The van der Waals surface area contributed by atoms with Gasteiger partial charge in [-0.25, -0.2) is 4.98 Å². The topological polar surface area (TPSA) is 64.2 Å². The Bertz CT molecular complexity index is 403. The summed E-state index contributed by atoms with van der Waals surface area (Å²) in [6.07, 6.45) is 2.02. The number of ether oxygens (including phenoxy) is 2. The Morgan fingerprint density at radius 1 is 1.56 bits per heavy atom. The lowest BCUT2D eigenvalue weighted by Crippen LogP contribution is -2.25. The van der Waals surface area contributed by atoms with Crippen LogP contribution < -0.4 is 10.3 Å². The van der Waals surface area contributed by atoms with Gasteiger partial charge in [-0.15, -0.1) is 0 Å². The van der Waals surface area contributed by atoms with E-state index in [0.717, 1.165) is 0 Å². The first-order valence-electron chi connectivity index (χ1n) is 4.87. The van der Waals surface area contributed by atoms with Crippen LogP contribution in [-0.2, 0) is 4.74 Å². The minimum absolute atomic E-state index is 0.242. The van der Waals surface area contributed by atoms with E-state index in [1.807, 2.05) is 13.8 Å². The van der Waals surface area contributed by atoms with Gasteiger partial charge in [-0.2, -0.15) is 0 Å². The highest BCUT2D eigenvalue weighted by Crippen LogP contribution is 2.18. The van der Waals surface area contributed by atoms with Crippen LogP contribution in [0.3, 0.4) is 0 Å². The van der Waals surface area contributed by atoms with Gasteiger partial charge in [-0.05, 0) is 29.8 Å². The Hall–Kier alpha value is -0.880. The molecular formula is C10H15BrN2O3. The molecule has 1 N–H and O–H groups in total. The molecular weight excluding hydrogens is 276 g/mol. The van der Waals surface area contributed by atoms with Gasteiger partial charge < -0.3 is 14.5 Å². The zero-order valence-electron chi connectivity index (χ0n) is 9.54. The average Bonchev–Trinajstić information content (AvgIpc) is 2.24. The lowest BCUT2D eigenvalue weighted by molar-refractivity contribution is 0.00499. The molecule has 0 aromatic carbocycles. The number of aromatic amines is 1. The second-order valence-electron chi connectivity index (χ2n) is 3.91. The van der Waals surface area contributed by atoms with Crippen molar-refractivity contribution in [3.8, 4) is 5.88 Å². The fourth-order valence-corrected chi connectivity index (χ4v) is 1.29. The molecule has 0 aliphatic carbocycles. The van der Waals surface area contributed by atoms with Gasteiger partial charge in [0.25, 0.3) is 5.56 Å². The molecule has 0 bridgehead atoms. The number of nitrogens with zero attached hydrogens (tertiary/aromatic N) is 1. The van der Waals surface area contributed by atoms with Gasteiger partial charge in [0.05, 0.1) is 18.5 Å². The molecule has 0 radical (unpaired) electrons. The maximum Gasteiger partial charge on any atom is 0.268 e. The third-order valence-corrected chi connectivity index (χ3v) is 2.96. The zero-order chi connectivity index (χ0) is 12.2. The number of aromatic nitrogens is 2. The number of halogens is 1. The van der Waals surface area contributed by atoms with Crippen molar-refractivity contribution in [1.82, 2.24) is 9.97 Å². The van der Waals surface area contributed by atoms with Gasteiger partial charge in [-0.3, -0.25) is 4.79 Å². The summed E-state index contributed by atoms with van der Waals surface area (Å²) in [6.45, 7) is 4.38. The molecule has 1 heterocycles.